The molecule has 0 amide bonds. The number of aromatic nitrogens is 2. The Morgan fingerprint density at radius 2 is 1.89 bits per heavy atom. The Bertz CT molecular complexity index is 1210. The zero-order valence-electron chi connectivity index (χ0n) is 20.5. The summed E-state index contributed by atoms with van der Waals surface area (Å²) in [4.78, 5) is 9.00. The highest BCUT2D eigenvalue weighted by molar-refractivity contribution is 5.92. The SMILES string of the molecule is COc1cc2nc(C)nc(N[C@H](C)c3cccc(C(C)(F)F)c3F)c2cc1OCC(OC)C1CC1. The van der Waals surface area contributed by atoms with Crippen molar-refractivity contribution in [3.05, 3.63) is 53.1 Å². The molecule has 2 aromatic carbocycles. The first kappa shape index (κ1) is 25.0. The van der Waals surface area contributed by atoms with Crippen LogP contribution in [0.2, 0.25) is 0 Å². The number of methoxy groups -OCH3 is 2. The van der Waals surface area contributed by atoms with Crippen molar-refractivity contribution in [2.24, 2.45) is 5.92 Å². The first-order valence-electron chi connectivity index (χ1n) is 11.6. The van der Waals surface area contributed by atoms with E-state index in [1.807, 2.05) is 0 Å². The predicted molar refractivity (Wildman–Crippen MR) is 128 cm³/mol. The fourth-order valence-electron chi connectivity index (χ4n) is 4.18. The maximum absolute atomic E-state index is 15.0. The van der Waals surface area contributed by atoms with Gasteiger partial charge in [-0.2, -0.15) is 0 Å². The van der Waals surface area contributed by atoms with Crippen LogP contribution in [-0.2, 0) is 10.7 Å². The van der Waals surface area contributed by atoms with Crippen molar-refractivity contribution in [3.63, 3.8) is 0 Å². The molecule has 0 saturated heterocycles. The summed E-state index contributed by atoms with van der Waals surface area (Å²) in [5.74, 6) is -1.78. The highest BCUT2D eigenvalue weighted by Crippen LogP contribution is 2.38. The standard InChI is InChI=1S/C26H30F3N3O3/c1-14(17-7-6-8-19(24(17)27)26(3,28)29)30-25-18-11-22(35-13-23(34-5)16-9-10-16)21(33-4)12-20(18)31-15(2)32-25/h6-8,11-12,14,16,23H,9-10,13H2,1-5H3,(H,30,31,32)/t14-,23?/m1/s1. The number of nitrogens with zero attached hydrogens (tertiary/aromatic N) is 2. The molecule has 3 aromatic rings. The molecule has 2 atom stereocenters. The molecule has 9 heteroatoms. The zero-order valence-corrected chi connectivity index (χ0v) is 20.5. The summed E-state index contributed by atoms with van der Waals surface area (Å²) in [6.45, 7) is 4.49. The van der Waals surface area contributed by atoms with Crippen LogP contribution in [0.25, 0.3) is 10.9 Å². The summed E-state index contributed by atoms with van der Waals surface area (Å²) in [5, 5.41) is 3.81. The molecule has 0 radical (unpaired) electrons. The highest BCUT2D eigenvalue weighted by atomic mass is 19.3. The van der Waals surface area contributed by atoms with Gasteiger partial charge in [0.15, 0.2) is 11.5 Å². The van der Waals surface area contributed by atoms with Crippen molar-refractivity contribution in [1.82, 2.24) is 9.97 Å². The summed E-state index contributed by atoms with van der Waals surface area (Å²) < 4.78 is 59.8. The Balaban J connectivity index is 1.68. The molecule has 4 rings (SSSR count). The van der Waals surface area contributed by atoms with Crippen molar-refractivity contribution >= 4 is 16.7 Å². The third kappa shape index (κ3) is 5.45. The topological polar surface area (TPSA) is 65.5 Å². The van der Waals surface area contributed by atoms with E-state index in [0.29, 0.717) is 53.5 Å². The van der Waals surface area contributed by atoms with Gasteiger partial charge in [0.1, 0.15) is 24.1 Å². The molecule has 1 fully saturated rings. The van der Waals surface area contributed by atoms with Crippen molar-refractivity contribution in [2.75, 3.05) is 26.1 Å². The van der Waals surface area contributed by atoms with Gasteiger partial charge < -0.3 is 19.5 Å². The van der Waals surface area contributed by atoms with E-state index in [0.717, 1.165) is 18.9 Å². The lowest BCUT2D eigenvalue weighted by molar-refractivity contribution is 0.0136. The average Bonchev–Trinajstić information content (AvgIpc) is 3.63. The maximum atomic E-state index is 15.0. The van der Waals surface area contributed by atoms with Crippen LogP contribution in [-0.4, -0.2) is 36.9 Å². The number of fused-ring (bicyclic) bond motifs is 1. The fraction of sp³-hybridized carbons (Fsp3) is 0.462. The minimum absolute atomic E-state index is 0.00534. The van der Waals surface area contributed by atoms with Gasteiger partial charge in [0.05, 0.1) is 30.3 Å². The van der Waals surface area contributed by atoms with E-state index in [2.05, 4.69) is 15.3 Å². The lowest BCUT2D eigenvalue weighted by Gasteiger charge is -2.21. The molecule has 0 bridgehead atoms. The summed E-state index contributed by atoms with van der Waals surface area (Å²) in [6, 6.07) is 6.89. The molecule has 0 spiro atoms. The summed E-state index contributed by atoms with van der Waals surface area (Å²) >= 11 is 0. The number of rotatable bonds is 10. The van der Waals surface area contributed by atoms with Crippen LogP contribution in [0.1, 0.15) is 49.7 Å². The second-order valence-electron chi connectivity index (χ2n) is 9.03. The number of hydrogen-bond acceptors (Lipinski definition) is 6. The van der Waals surface area contributed by atoms with E-state index < -0.39 is 23.3 Å². The minimum atomic E-state index is -3.29. The van der Waals surface area contributed by atoms with E-state index in [1.54, 1.807) is 40.2 Å². The summed E-state index contributed by atoms with van der Waals surface area (Å²) in [6.07, 6.45) is 2.24. The van der Waals surface area contributed by atoms with Crippen LogP contribution in [0, 0.1) is 18.7 Å². The molecule has 0 aliphatic heterocycles. The smallest absolute Gasteiger partial charge is 0.273 e. The Hall–Kier alpha value is -3.07. The molecule has 1 heterocycles. The van der Waals surface area contributed by atoms with Crippen LogP contribution in [0.5, 0.6) is 11.5 Å². The van der Waals surface area contributed by atoms with Crippen LogP contribution >= 0.6 is 0 Å². The largest absolute Gasteiger partial charge is 0.493 e. The molecular formula is C26H30F3N3O3. The van der Waals surface area contributed by atoms with Gasteiger partial charge in [-0.05, 0) is 38.7 Å². The second kappa shape index (κ2) is 9.89. The monoisotopic (exact) mass is 489 g/mol. The molecular weight excluding hydrogens is 459 g/mol. The van der Waals surface area contributed by atoms with Gasteiger partial charge in [-0.1, -0.05) is 18.2 Å². The lowest BCUT2D eigenvalue weighted by atomic mass is 10.0. The molecule has 1 N–H and O–H groups in total. The third-order valence-corrected chi connectivity index (χ3v) is 6.27. The second-order valence-corrected chi connectivity index (χ2v) is 9.03. The zero-order chi connectivity index (χ0) is 25.3. The van der Waals surface area contributed by atoms with Crippen LogP contribution in [0.15, 0.2) is 30.3 Å². The number of hydrogen-bond donors (Lipinski definition) is 1. The molecule has 1 aliphatic rings. The van der Waals surface area contributed by atoms with Gasteiger partial charge in [0.25, 0.3) is 5.92 Å². The van der Waals surface area contributed by atoms with E-state index in [4.69, 9.17) is 14.2 Å². The van der Waals surface area contributed by atoms with Crippen molar-refractivity contribution in [1.29, 1.82) is 0 Å². The predicted octanol–water partition coefficient (Wildman–Crippen LogP) is 6.17. The van der Waals surface area contributed by atoms with E-state index in [9.17, 15) is 13.2 Å². The molecule has 1 saturated carbocycles. The van der Waals surface area contributed by atoms with Gasteiger partial charge >= 0.3 is 0 Å². The maximum Gasteiger partial charge on any atom is 0.273 e. The molecule has 188 valence electrons. The molecule has 6 nitrogen and oxygen atoms in total. The minimum Gasteiger partial charge on any atom is -0.493 e. The van der Waals surface area contributed by atoms with Gasteiger partial charge in [-0.25, -0.2) is 23.1 Å². The Morgan fingerprint density at radius 3 is 2.51 bits per heavy atom. The van der Waals surface area contributed by atoms with Crippen molar-refractivity contribution in [2.45, 2.75) is 51.7 Å². The van der Waals surface area contributed by atoms with Crippen LogP contribution in [0.3, 0.4) is 0 Å². The Kier molecular flexibility index (Phi) is 7.07. The third-order valence-electron chi connectivity index (χ3n) is 6.27. The number of anilines is 1. The number of halogens is 3. The number of benzene rings is 2. The Labute approximate surface area is 202 Å². The van der Waals surface area contributed by atoms with Gasteiger partial charge in [-0.3, -0.25) is 0 Å². The van der Waals surface area contributed by atoms with Gasteiger partial charge in [0.2, 0.25) is 0 Å². The van der Waals surface area contributed by atoms with Crippen molar-refractivity contribution < 1.29 is 27.4 Å². The number of nitrogens with one attached hydrogen (secondary N) is 1. The van der Waals surface area contributed by atoms with Gasteiger partial charge in [0, 0.05) is 31.0 Å². The first-order valence-corrected chi connectivity index (χ1v) is 11.6. The van der Waals surface area contributed by atoms with E-state index in [-0.39, 0.29) is 11.7 Å². The first-order chi connectivity index (χ1) is 16.6. The summed E-state index contributed by atoms with van der Waals surface area (Å²) in [7, 11) is 3.23. The van der Waals surface area contributed by atoms with E-state index >= 15 is 0 Å². The van der Waals surface area contributed by atoms with Gasteiger partial charge in [-0.15, -0.1) is 0 Å². The molecule has 35 heavy (non-hydrogen) atoms. The van der Waals surface area contributed by atoms with Crippen LogP contribution in [0.4, 0.5) is 19.0 Å². The lowest BCUT2D eigenvalue weighted by Crippen LogP contribution is -2.22. The fourth-order valence-corrected chi connectivity index (χ4v) is 4.18. The average molecular weight is 490 g/mol. The van der Waals surface area contributed by atoms with Crippen molar-refractivity contribution in [3.8, 4) is 11.5 Å². The molecule has 1 unspecified atom stereocenters. The quantitative estimate of drug-likeness (QED) is 0.367. The normalized spacial score (nSPS) is 15.7. The van der Waals surface area contributed by atoms with Crippen LogP contribution < -0.4 is 14.8 Å². The summed E-state index contributed by atoms with van der Waals surface area (Å²) in [5.41, 5.74) is 0.0816. The molecule has 1 aliphatic carbocycles. The van der Waals surface area contributed by atoms with E-state index in [1.165, 1.54) is 12.1 Å². The number of aryl methyl sites for hydroxylation is 1. The Morgan fingerprint density at radius 1 is 1.14 bits per heavy atom. The molecule has 1 aromatic heterocycles. The number of alkyl halides is 2. The highest BCUT2D eigenvalue weighted by Gasteiger charge is 2.32. The number of ether oxygens (including phenoxy) is 3.